The maximum Gasteiger partial charge on any atom is 0.329 e. The molecule has 0 unspecified atom stereocenters. The molecule has 4 rings (SSSR count). The van der Waals surface area contributed by atoms with Crippen LogP contribution in [0.15, 0.2) is 29.2 Å². The van der Waals surface area contributed by atoms with Crippen molar-refractivity contribution in [3.8, 4) is 0 Å². The average molecular weight is 411 g/mol. The minimum Gasteiger partial charge on any atom is -0.323 e. The fraction of sp³-hybridized carbons (Fsp3) is 0.556. The number of imide groups is 1. The van der Waals surface area contributed by atoms with Crippen LogP contribution in [-0.4, -0.2) is 67.9 Å². The predicted octanol–water partition coefficient (Wildman–Crippen LogP) is -0.607. The van der Waals surface area contributed by atoms with Gasteiger partial charge in [0.05, 0.1) is 31.1 Å². The van der Waals surface area contributed by atoms with E-state index in [1.165, 1.54) is 21.3 Å². The van der Waals surface area contributed by atoms with Gasteiger partial charge in [-0.3, -0.25) is 4.79 Å². The second kappa shape index (κ2) is 6.78. The van der Waals surface area contributed by atoms with Crippen LogP contribution in [0.25, 0.3) is 0 Å². The highest BCUT2D eigenvalue weighted by Gasteiger charge is 2.56. The Hall–Kier alpha value is -2.04. The van der Waals surface area contributed by atoms with Crippen molar-refractivity contribution in [2.75, 3.05) is 32.8 Å². The highest BCUT2D eigenvalue weighted by Crippen LogP contribution is 2.42. The summed E-state index contributed by atoms with van der Waals surface area (Å²) in [5.74, 6) is -0.463. The van der Waals surface area contributed by atoms with E-state index in [2.05, 4.69) is 5.32 Å². The number of piperazine rings is 1. The molecule has 2 aliphatic heterocycles. The van der Waals surface area contributed by atoms with Crippen LogP contribution in [0.2, 0.25) is 0 Å². The minimum atomic E-state index is -3.68. The number of benzene rings is 1. The molecule has 152 valence electrons. The third kappa shape index (κ3) is 3.29. The minimum absolute atomic E-state index is 0.0617. The summed E-state index contributed by atoms with van der Waals surface area (Å²) in [5.41, 5.74) is -0.801. The summed E-state index contributed by atoms with van der Waals surface area (Å²) in [6.07, 6.45) is 1.90. The largest absolute Gasteiger partial charge is 0.329 e. The number of carbonyl (C=O) groups excluding carboxylic acids is 2. The molecule has 2 heterocycles. The Labute approximate surface area is 163 Å². The number of carbonyl (C=O) groups is 2. The van der Waals surface area contributed by atoms with Gasteiger partial charge in [-0.25, -0.2) is 22.5 Å². The van der Waals surface area contributed by atoms with E-state index >= 15 is 0 Å². The van der Waals surface area contributed by atoms with Gasteiger partial charge in [0.1, 0.15) is 11.4 Å². The summed E-state index contributed by atoms with van der Waals surface area (Å²) in [6, 6.07) is 4.41. The predicted molar refractivity (Wildman–Crippen MR) is 97.2 cm³/mol. The molecule has 0 bridgehead atoms. The van der Waals surface area contributed by atoms with Gasteiger partial charge in [-0.05, 0) is 49.9 Å². The molecule has 0 spiro atoms. The molecule has 28 heavy (non-hydrogen) atoms. The molecule has 3 fully saturated rings. The fourth-order valence-corrected chi connectivity index (χ4v) is 5.42. The van der Waals surface area contributed by atoms with Crippen molar-refractivity contribution in [3.63, 3.8) is 0 Å². The lowest BCUT2D eigenvalue weighted by molar-refractivity contribution is -0.910. The van der Waals surface area contributed by atoms with E-state index in [4.69, 9.17) is 0 Å². The van der Waals surface area contributed by atoms with Crippen molar-refractivity contribution in [1.82, 2.24) is 14.5 Å². The molecule has 1 aromatic carbocycles. The quantitative estimate of drug-likeness (QED) is 0.633. The Morgan fingerprint density at radius 3 is 2.36 bits per heavy atom. The maximum atomic E-state index is 13.1. The molecule has 1 atom stereocenters. The van der Waals surface area contributed by atoms with Gasteiger partial charge in [0.2, 0.25) is 10.0 Å². The Morgan fingerprint density at radius 2 is 1.79 bits per heavy atom. The van der Waals surface area contributed by atoms with Gasteiger partial charge in [-0.15, -0.1) is 0 Å². The number of amides is 3. The van der Waals surface area contributed by atoms with Crippen molar-refractivity contribution in [3.05, 3.63) is 30.1 Å². The lowest BCUT2D eigenvalue weighted by Crippen LogP contribution is -3.16. The summed E-state index contributed by atoms with van der Waals surface area (Å²) in [7, 11) is -3.68. The lowest BCUT2D eigenvalue weighted by Gasteiger charge is -2.33. The van der Waals surface area contributed by atoms with E-state index in [1.807, 2.05) is 0 Å². The number of halogens is 1. The smallest absolute Gasteiger partial charge is 0.323 e. The molecule has 1 aliphatic carbocycles. The van der Waals surface area contributed by atoms with Crippen LogP contribution in [0, 0.1) is 11.7 Å². The van der Waals surface area contributed by atoms with E-state index in [-0.39, 0.29) is 42.5 Å². The molecule has 8 nitrogen and oxygen atoms in total. The van der Waals surface area contributed by atoms with E-state index in [0.717, 1.165) is 29.9 Å². The van der Waals surface area contributed by atoms with Crippen LogP contribution in [0.3, 0.4) is 0 Å². The molecule has 0 radical (unpaired) electrons. The van der Waals surface area contributed by atoms with Gasteiger partial charge in [0.15, 0.2) is 6.67 Å². The SMILES string of the molecule is C[C@@]1(C2CC2)NC(=O)N(C[NH+]2CCN(S(=O)(=O)c3ccc(F)cc3)CC2)C1=O. The van der Waals surface area contributed by atoms with Crippen LogP contribution in [0.5, 0.6) is 0 Å². The molecule has 10 heteroatoms. The molecule has 3 aliphatic rings. The summed E-state index contributed by atoms with van der Waals surface area (Å²) < 4.78 is 39.8. The first-order valence-electron chi connectivity index (χ1n) is 9.45. The zero-order valence-corrected chi connectivity index (χ0v) is 16.5. The number of sulfonamides is 1. The topological polar surface area (TPSA) is 91.2 Å². The van der Waals surface area contributed by atoms with Crippen molar-refractivity contribution in [2.45, 2.75) is 30.2 Å². The molecule has 1 aromatic rings. The lowest BCUT2D eigenvalue weighted by atomic mass is 9.96. The van der Waals surface area contributed by atoms with Crippen LogP contribution in [0.1, 0.15) is 19.8 Å². The maximum absolute atomic E-state index is 13.1. The van der Waals surface area contributed by atoms with Gasteiger partial charge in [-0.1, -0.05) is 0 Å². The van der Waals surface area contributed by atoms with Crippen LogP contribution in [-0.2, 0) is 14.8 Å². The van der Waals surface area contributed by atoms with Crippen LogP contribution in [0.4, 0.5) is 9.18 Å². The van der Waals surface area contributed by atoms with Crippen molar-refractivity contribution >= 4 is 22.0 Å². The molecule has 2 N–H and O–H groups in total. The standard InChI is InChI=1S/C18H23FN4O4S/c1-18(13-2-3-13)16(24)23(17(25)20-18)12-21-8-10-22(11-9-21)28(26,27)15-6-4-14(19)5-7-15/h4-7,13H,2-3,8-12H2,1H3,(H,20,25)/p+1/t18-/m0/s1. The number of hydrogen-bond donors (Lipinski definition) is 2. The average Bonchev–Trinajstić information content (AvgIpc) is 3.49. The van der Waals surface area contributed by atoms with Crippen LogP contribution >= 0.6 is 0 Å². The van der Waals surface area contributed by atoms with Crippen molar-refractivity contribution < 1.29 is 27.3 Å². The third-order valence-electron chi connectivity index (χ3n) is 5.96. The highest BCUT2D eigenvalue weighted by atomic mass is 32.2. The summed E-state index contributed by atoms with van der Waals surface area (Å²) in [5, 5.41) is 2.83. The number of rotatable bonds is 5. The van der Waals surface area contributed by atoms with Crippen LogP contribution < -0.4 is 10.2 Å². The number of quaternary nitrogens is 1. The second-order valence-electron chi connectivity index (χ2n) is 7.91. The van der Waals surface area contributed by atoms with Gasteiger partial charge in [0.25, 0.3) is 5.91 Å². The van der Waals surface area contributed by atoms with Gasteiger partial charge < -0.3 is 10.2 Å². The highest BCUT2D eigenvalue weighted by molar-refractivity contribution is 7.89. The van der Waals surface area contributed by atoms with Crippen molar-refractivity contribution in [2.24, 2.45) is 5.92 Å². The zero-order valence-electron chi connectivity index (χ0n) is 15.7. The zero-order chi connectivity index (χ0) is 20.1. The van der Waals surface area contributed by atoms with E-state index in [0.29, 0.717) is 13.1 Å². The van der Waals surface area contributed by atoms with E-state index in [1.54, 1.807) is 6.92 Å². The number of nitrogens with zero attached hydrogens (tertiary/aromatic N) is 2. The summed E-state index contributed by atoms with van der Waals surface area (Å²) >= 11 is 0. The summed E-state index contributed by atoms with van der Waals surface area (Å²) in [6.45, 7) is 3.54. The van der Waals surface area contributed by atoms with E-state index in [9.17, 15) is 22.4 Å². The van der Waals surface area contributed by atoms with Gasteiger partial charge in [-0.2, -0.15) is 4.31 Å². The molecular formula is C18H24FN4O4S+. The Balaban J connectivity index is 1.37. The van der Waals surface area contributed by atoms with Gasteiger partial charge >= 0.3 is 6.03 Å². The first-order valence-corrected chi connectivity index (χ1v) is 10.9. The first-order chi connectivity index (χ1) is 13.2. The normalized spacial score (nSPS) is 27.3. The number of hydrogen-bond acceptors (Lipinski definition) is 4. The Bertz CT molecular complexity index is 895. The second-order valence-corrected chi connectivity index (χ2v) is 9.84. The van der Waals surface area contributed by atoms with Crippen molar-refractivity contribution in [1.29, 1.82) is 0 Å². The van der Waals surface area contributed by atoms with Gasteiger partial charge in [0, 0.05) is 0 Å². The third-order valence-corrected chi connectivity index (χ3v) is 7.87. The first kappa shape index (κ1) is 19.3. The Morgan fingerprint density at radius 1 is 1.18 bits per heavy atom. The molecule has 2 saturated heterocycles. The number of nitrogens with one attached hydrogen (secondary N) is 2. The molecule has 1 saturated carbocycles. The number of urea groups is 1. The summed E-state index contributed by atoms with van der Waals surface area (Å²) in [4.78, 5) is 27.3. The fourth-order valence-electron chi connectivity index (χ4n) is 3.98. The Kier molecular flexibility index (Phi) is 4.67. The molecule has 3 amide bonds. The molecular weight excluding hydrogens is 387 g/mol. The monoisotopic (exact) mass is 411 g/mol. The molecule has 0 aromatic heterocycles. The van der Waals surface area contributed by atoms with E-state index < -0.39 is 21.4 Å².